The number of sulfonamides is 1. The van der Waals surface area contributed by atoms with Crippen LogP contribution in [0.1, 0.15) is 69.0 Å². The summed E-state index contributed by atoms with van der Waals surface area (Å²) in [6.45, 7) is 8.01. The van der Waals surface area contributed by atoms with Gasteiger partial charge in [0, 0.05) is 24.5 Å². The van der Waals surface area contributed by atoms with Gasteiger partial charge in [-0.2, -0.15) is 10.2 Å². The molecule has 12 heteroatoms. The molecule has 5 rings (SSSR count). The lowest BCUT2D eigenvalue weighted by molar-refractivity contribution is 0.482. The molecule has 218 valence electrons. The molecule has 0 saturated carbocycles. The first-order valence-corrected chi connectivity index (χ1v) is 16.5. The largest absolute Gasteiger partial charge is 0.435 e. The fourth-order valence-electron chi connectivity index (χ4n) is 5.22. The van der Waals surface area contributed by atoms with Crippen LogP contribution in [0.15, 0.2) is 49.9 Å². The Morgan fingerprint density at radius 2 is 1.98 bits per heavy atom. The second-order valence-corrected chi connectivity index (χ2v) is 14.4. The highest BCUT2D eigenvalue weighted by Crippen LogP contribution is 2.45. The molecule has 0 radical (unpaired) electrons. The summed E-state index contributed by atoms with van der Waals surface area (Å²) < 4.78 is 32.7. The van der Waals surface area contributed by atoms with Crippen molar-refractivity contribution in [2.75, 3.05) is 12.8 Å². The Morgan fingerprint density at radius 1 is 1.24 bits per heavy atom. The SMILES string of the molecule is CCc1nc(-c2cc(Cl)c(C3(C)CS(=O)(=O)N(C)C(N)=N3)s2)oc1-c1ccc(C2CC=NN=C(C)C(C)CC2)cc1. The summed E-state index contributed by atoms with van der Waals surface area (Å²) in [7, 11) is -2.24. The van der Waals surface area contributed by atoms with Crippen LogP contribution < -0.4 is 5.73 Å². The second-order valence-electron chi connectivity index (χ2n) is 11.0. The summed E-state index contributed by atoms with van der Waals surface area (Å²) >= 11 is 7.96. The topological polar surface area (TPSA) is 127 Å². The summed E-state index contributed by atoms with van der Waals surface area (Å²) in [6, 6.07) is 10.3. The van der Waals surface area contributed by atoms with Crippen LogP contribution in [0.5, 0.6) is 0 Å². The van der Waals surface area contributed by atoms with E-state index in [0.717, 1.165) is 40.5 Å². The minimum atomic E-state index is -3.63. The fourth-order valence-corrected chi connectivity index (χ4v) is 8.31. The smallest absolute Gasteiger partial charge is 0.239 e. The van der Waals surface area contributed by atoms with Crippen LogP contribution in [0.3, 0.4) is 0 Å². The second kappa shape index (κ2) is 11.3. The van der Waals surface area contributed by atoms with E-state index in [4.69, 9.17) is 26.7 Å². The Bertz CT molecular complexity index is 1640. The minimum Gasteiger partial charge on any atom is -0.435 e. The van der Waals surface area contributed by atoms with Crippen molar-refractivity contribution in [2.45, 2.75) is 64.8 Å². The molecule has 0 saturated heterocycles. The van der Waals surface area contributed by atoms with Crippen LogP contribution in [0.2, 0.25) is 5.02 Å². The van der Waals surface area contributed by atoms with Crippen LogP contribution >= 0.6 is 22.9 Å². The normalized spacial score (nSPS) is 24.8. The van der Waals surface area contributed by atoms with Crippen LogP contribution in [-0.2, 0) is 22.0 Å². The molecule has 41 heavy (non-hydrogen) atoms. The summed E-state index contributed by atoms with van der Waals surface area (Å²) in [5.74, 6) is 1.63. The molecular formula is C29H35ClN6O3S2. The van der Waals surface area contributed by atoms with E-state index in [1.54, 1.807) is 13.0 Å². The van der Waals surface area contributed by atoms with Gasteiger partial charge in [0.2, 0.25) is 21.9 Å². The highest BCUT2D eigenvalue weighted by Gasteiger charge is 2.42. The highest BCUT2D eigenvalue weighted by atomic mass is 35.5. The van der Waals surface area contributed by atoms with Gasteiger partial charge in [-0.3, -0.25) is 0 Å². The van der Waals surface area contributed by atoms with Gasteiger partial charge < -0.3 is 10.2 Å². The molecule has 3 atom stereocenters. The zero-order chi connectivity index (χ0) is 29.5. The molecule has 4 heterocycles. The van der Waals surface area contributed by atoms with Crippen molar-refractivity contribution in [3.05, 3.63) is 51.5 Å². The number of rotatable bonds is 5. The molecule has 1 aromatic carbocycles. The Labute approximate surface area is 250 Å². The Hall–Kier alpha value is -3.02. The van der Waals surface area contributed by atoms with Crippen molar-refractivity contribution >= 4 is 50.8 Å². The molecule has 0 aliphatic carbocycles. The summed E-state index contributed by atoms with van der Waals surface area (Å²) in [4.78, 5) is 10.6. The minimum absolute atomic E-state index is 0.0694. The maximum Gasteiger partial charge on any atom is 0.239 e. The lowest BCUT2D eigenvalue weighted by atomic mass is 9.87. The van der Waals surface area contributed by atoms with Crippen molar-refractivity contribution in [1.82, 2.24) is 9.29 Å². The zero-order valence-electron chi connectivity index (χ0n) is 23.9. The van der Waals surface area contributed by atoms with E-state index in [9.17, 15) is 8.42 Å². The van der Waals surface area contributed by atoms with E-state index in [1.165, 1.54) is 23.9 Å². The highest BCUT2D eigenvalue weighted by molar-refractivity contribution is 7.89. The van der Waals surface area contributed by atoms with Gasteiger partial charge in [-0.05, 0) is 63.0 Å². The van der Waals surface area contributed by atoms with Gasteiger partial charge in [0.15, 0.2) is 5.76 Å². The lowest BCUT2D eigenvalue weighted by Crippen LogP contribution is -2.50. The number of nitrogens with zero attached hydrogens (tertiary/aromatic N) is 5. The van der Waals surface area contributed by atoms with Gasteiger partial charge in [0.1, 0.15) is 5.54 Å². The lowest BCUT2D eigenvalue weighted by Gasteiger charge is -2.33. The van der Waals surface area contributed by atoms with E-state index >= 15 is 0 Å². The number of guanidine groups is 1. The Morgan fingerprint density at radius 3 is 2.66 bits per heavy atom. The molecular weight excluding hydrogens is 580 g/mol. The Kier molecular flexibility index (Phi) is 8.15. The Balaban J connectivity index is 1.42. The van der Waals surface area contributed by atoms with Crippen LogP contribution in [0.4, 0.5) is 0 Å². The molecule has 0 bridgehead atoms. The summed E-state index contributed by atoms with van der Waals surface area (Å²) in [5, 5.41) is 8.98. The summed E-state index contributed by atoms with van der Waals surface area (Å²) in [6.07, 6.45) is 5.59. The number of aromatic nitrogens is 1. The van der Waals surface area contributed by atoms with E-state index in [-0.39, 0.29) is 11.7 Å². The number of thiophene rings is 1. The van der Waals surface area contributed by atoms with Crippen LogP contribution in [0, 0.1) is 5.92 Å². The number of benzene rings is 1. The van der Waals surface area contributed by atoms with Crippen molar-refractivity contribution < 1.29 is 12.8 Å². The first-order valence-electron chi connectivity index (χ1n) is 13.7. The van der Waals surface area contributed by atoms with E-state index < -0.39 is 15.6 Å². The third-order valence-electron chi connectivity index (χ3n) is 7.98. The van der Waals surface area contributed by atoms with Gasteiger partial charge in [0.05, 0.1) is 26.2 Å². The predicted octanol–water partition coefficient (Wildman–Crippen LogP) is 6.44. The number of aryl methyl sites for hydroxylation is 1. The average molecular weight is 615 g/mol. The number of oxazole rings is 1. The molecule has 3 unspecified atom stereocenters. The van der Waals surface area contributed by atoms with E-state index in [1.807, 2.05) is 20.1 Å². The maximum atomic E-state index is 12.7. The fraction of sp³-hybridized carbons (Fsp3) is 0.448. The molecule has 0 amide bonds. The zero-order valence-corrected chi connectivity index (χ0v) is 26.3. The van der Waals surface area contributed by atoms with Crippen molar-refractivity contribution in [1.29, 1.82) is 0 Å². The van der Waals surface area contributed by atoms with Gasteiger partial charge in [-0.1, -0.05) is 49.7 Å². The maximum absolute atomic E-state index is 12.7. The molecule has 2 aromatic heterocycles. The molecule has 9 nitrogen and oxygen atoms in total. The summed E-state index contributed by atoms with van der Waals surface area (Å²) in [5.41, 5.74) is 8.96. The van der Waals surface area contributed by atoms with Gasteiger partial charge in [-0.25, -0.2) is 22.7 Å². The number of halogens is 1. The number of hydrogen-bond acceptors (Lipinski definition) is 9. The number of hydrogen-bond donors (Lipinski definition) is 1. The quantitative estimate of drug-likeness (QED) is 0.354. The third kappa shape index (κ3) is 5.85. The number of aliphatic imine (C=N–C) groups is 1. The molecule has 0 spiro atoms. The van der Waals surface area contributed by atoms with Crippen LogP contribution in [0.25, 0.3) is 22.1 Å². The molecule has 0 fully saturated rings. The van der Waals surface area contributed by atoms with Gasteiger partial charge in [-0.15, -0.1) is 11.3 Å². The monoisotopic (exact) mass is 614 g/mol. The van der Waals surface area contributed by atoms with Gasteiger partial charge >= 0.3 is 0 Å². The first-order chi connectivity index (χ1) is 19.4. The third-order valence-corrected chi connectivity index (χ3v) is 11.7. The molecule has 2 aliphatic rings. The standard InChI is InChI=1S/C29H35ClN6O3S2/c1-6-23-25(21-11-9-19(10-12-21)20-8-7-17(2)18(3)35-32-14-13-20)39-27(33-23)24-15-22(30)26(40-24)29(4)16-41(37,38)36(5)28(31)34-29/h9-12,14-15,17,20H,6-8,13,16H2,1-5H3,(H2,31,34). The van der Waals surface area contributed by atoms with Crippen molar-refractivity contribution in [2.24, 2.45) is 26.8 Å². The van der Waals surface area contributed by atoms with Crippen molar-refractivity contribution in [3.63, 3.8) is 0 Å². The van der Waals surface area contributed by atoms with Crippen molar-refractivity contribution in [3.8, 4) is 22.1 Å². The number of nitrogens with two attached hydrogens (primary N) is 1. The molecule has 2 aliphatic heterocycles. The van der Waals surface area contributed by atoms with Gasteiger partial charge in [0.25, 0.3) is 0 Å². The van der Waals surface area contributed by atoms with Crippen LogP contribution in [-0.4, -0.2) is 48.4 Å². The molecule has 3 aromatic rings. The predicted molar refractivity (Wildman–Crippen MR) is 168 cm³/mol. The molecule has 2 N–H and O–H groups in total. The first kappa shape index (κ1) is 29.5. The van der Waals surface area contributed by atoms with E-state index in [0.29, 0.717) is 44.7 Å². The van der Waals surface area contributed by atoms with E-state index in [2.05, 4.69) is 46.4 Å². The average Bonchev–Trinajstić information content (AvgIpc) is 3.56.